The molecule has 0 bridgehead atoms. The molecule has 0 spiro atoms. The predicted octanol–water partition coefficient (Wildman–Crippen LogP) is 1.92. The minimum absolute atomic E-state index is 0. The largest absolute Gasteiger partial charge is 0.463 e. The van der Waals surface area contributed by atoms with E-state index in [1.54, 1.807) is 0 Å². The van der Waals surface area contributed by atoms with E-state index in [9.17, 15) is 4.79 Å². The first kappa shape index (κ1) is 14.7. The van der Waals surface area contributed by atoms with Crippen LogP contribution >= 0.6 is 0 Å². The van der Waals surface area contributed by atoms with Crippen LogP contribution in [0.1, 0.15) is 32.6 Å². The van der Waals surface area contributed by atoms with Crippen LogP contribution in [0.5, 0.6) is 0 Å². The van der Waals surface area contributed by atoms with Gasteiger partial charge in [-0.2, -0.15) is 0 Å². The zero-order chi connectivity index (χ0) is 8.53. The van der Waals surface area contributed by atoms with E-state index in [4.69, 9.17) is 4.74 Å². The monoisotopic (exact) mass is 179 g/mol. The third-order valence-corrected chi connectivity index (χ3v) is 1.41. The van der Waals surface area contributed by atoms with E-state index in [1.165, 1.54) is 18.9 Å². The van der Waals surface area contributed by atoms with Gasteiger partial charge in [-0.15, -0.1) is 0 Å². The first-order valence-electron chi connectivity index (χ1n) is 4.10. The van der Waals surface area contributed by atoms with Crippen LogP contribution in [-0.4, -0.2) is 42.1 Å². The van der Waals surface area contributed by atoms with Crippen LogP contribution in [0.4, 0.5) is 0 Å². The SMILES string of the molecule is C=CC(=O)OCCCCCC.[Na]. The number of carbonyl (C=O) groups is 1. The van der Waals surface area contributed by atoms with E-state index in [2.05, 4.69) is 13.5 Å². The Labute approximate surface area is 96.7 Å². The van der Waals surface area contributed by atoms with E-state index in [0.717, 1.165) is 12.8 Å². The molecule has 1 radical (unpaired) electrons. The van der Waals surface area contributed by atoms with E-state index in [-0.39, 0.29) is 35.5 Å². The van der Waals surface area contributed by atoms with Crippen LogP contribution in [0.3, 0.4) is 0 Å². The Hall–Kier alpha value is 0.210. The molecular formula is C9H16NaO2. The molecule has 0 saturated heterocycles. The summed E-state index contributed by atoms with van der Waals surface area (Å²) >= 11 is 0. The molecule has 0 aliphatic carbocycles. The minimum atomic E-state index is -0.318. The number of rotatable bonds is 6. The van der Waals surface area contributed by atoms with Crippen molar-refractivity contribution in [2.45, 2.75) is 32.6 Å². The second-order valence-electron chi connectivity index (χ2n) is 2.43. The molecule has 0 aliphatic heterocycles. The predicted molar refractivity (Wildman–Crippen MR) is 51.1 cm³/mol. The van der Waals surface area contributed by atoms with Gasteiger partial charge in [0.15, 0.2) is 0 Å². The van der Waals surface area contributed by atoms with Crippen molar-refractivity contribution < 1.29 is 9.53 Å². The average Bonchev–Trinajstić information content (AvgIpc) is 2.04. The van der Waals surface area contributed by atoms with Gasteiger partial charge in [-0.05, 0) is 6.42 Å². The maximum Gasteiger partial charge on any atom is 0.330 e. The fourth-order valence-electron chi connectivity index (χ4n) is 0.761. The molecule has 0 fully saturated rings. The average molecular weight is 179 g/mol. The molecule has 0 heterocycles. The molecule has 0 rings (SSSR count). The Bertz CT molecular complexity index is 124. The zero-order valence-corrected chi connectivity index (χ0v) is 10.1. The summed E-state index contributed by atoms with van der Waals surface area (Å²) in [6.45, 7) is 5.98. The molecule has 0 aromatic rings. The van der Waals surface area contributed by atoms with Gasteiger partial charge in [0, 0.05) is 35.6 Å². The van der Waals surface area contributed by atoms with Crippen molar-refractivity contribution in [3.05, 3.63) is 12.7 Å². The van der Waals surface area contributed by atoms with Crippen LogP contribution in [0.15, 0.2) is 12.7 Å². The normalized spacial score (nSPS) is 8.42. The summed E-state index contributed by atoms with van der Waals surface area (Å²) in [5, 5.41) is 0. The number of esters is 1. The van der Waals surface area contributed by atoms with Crippen molar-refractivity contribution in [1.29, 1.82) is 0 Å². The summed E-state index contributed by atoms with van der Waals surface area (Å²) in [5.41, 5.74) is 0. The Morgan fingerprint density at radius 3 is 2.58 bits per heavy atom. The second kappa shape index (κ2) is 11.2. The van der Waals surface area contributed by atoms with E-state index >= 15 is 0 Å². The number of unbranched alkanes of at least 4 members (excludes halogenated alkanes) is 3. The van der Waals surface area contributed by atoms with Gasteiger partial charge in [0.25, 0.3) is 0 Å². The fourth-order valence-corrected chi connectivity index (χ4v) is 0.761. The maximum absolute atomic E-state index is 10.5. The third-order valence-electron chi connectivity index (χ3n) is 1.41. The number of ether oxygens (including phenoxy) is 1. The number of hydrogen-bond acceptors (Lipinski definition) is 2. The molecule has 0 aromatic heterocycles. The van der Waals surface area contributed by atoms with Crippen molar-refractivity contribution in [2.75, 3.05) is 6.61 Å². The van der Waals surface area contributed by atoms with Gasteiger partial charge in [0.1, 0.15) is 0 Å². The number of hydrogen-bond donors (Lipinski definition) is 0. The molecule has 65 valence electrons. The smallest absolute Gasteiger partial charge is 0.330 e. The van der Waals surface area contributed by atoms with Gasteiger partial charge in [0.2, 0.25) is 0 Å². The summed E-state index contributed by atoms with van der Waals surface area (Å²) in [7, 11) is 0. The molecule has 0 aromatic carbocycles. The zero-order valence-electron chi connectivity index (χ0n) is 8.14. The van der Waals surface area contributed by atoms with E-state index in [1.807, 2.05) is 0 Å². The molecule has 2 nitrogen and oxygen atoms in total. The molecule has 0 amide bonds. The molecule has 12 heavy (non-hydrogen) atoms. The van der Waals surface area contributed by atoms with Gasteiger partial charge < -0.3 is 4.74 Å². The van der Waals surface area contributed by atoms with Crippen LogP contribution in [0, 0.1) is 0 Å². The molecule has 0 unspecified atom stereocenters. The van der Waals surface area contributed by atoms with Crippen molar-refractivity contribution in [3.8, 4) is 0 Å². The second-order valence-corrected chi connectivity index (χ2v) is 2.43. The minimum Gasteiger partial charge on any atom is -0.463 e. The Morgan fingerprint density at radius 2 is 2.08 bits per heavy atom. The first-order chi connectivity index (χ1) is 5.31. The summed E-state index contributed by atoms with van der Waals surface area (Å²) < 4.78 is 4.78. The van der Waals surface area contributed by atoms with Gasteiger partial charge in [-0.25, -0.2) is 4.79 Å². The third kappa shape index (κ3) is 10.2. The summed E-state index contributed by atoms with van der Waals surface area (Å²) in [6.07, 6.45) is 5.72. The molecule has 0 aliphatic rings. The Balaban J connectivity index is 0. The van der Waals surface area contributed by atoms with Crippen LogP contribution in [0.25, 0.3) is 0 Å². The molecule has 0 saturated carbocycles. The van der Waals surface area contributed by atoms with Gasteiger partial charge >= 0.3 is 5.97 Å². The summed E-state index contributed by atoms with van der Waals surface area (Å²) in [6, 6.07) is 0. The van der Waals surface area contributed by atoms with Gasteiger partial charge in [-0.1, -0.05) is 32.8 Å². The first-order valence-corrected chi connectivity index (χ1v) is 4.10. The quantitative estimate of drug-likeness (QED) is 0.269. The van der Waals surface area contributed by atoms with Crippen molar-refractivity contribution in [1.82, 2.24) is 0 Å². The van der Waals surface area contributed by atoms with E-state index < -0.39 is 0 Å². The summed E-state index contributed by atoms with van der Waals surface area (Å²) in [5.74, 6) is -0.318. The van der Waals surface area contributed by atoms with Crippen LogP contribution < -0.4 is 0 Å². The Kier molecular flexibility index (Phi) is 13.7. The molecule has 0 N–H and O–H groups in total. The van der Waals surface area contributed by atoms with Gasteiger partial charge in [-0.3, -0.25) is 0 Å². The van der Waals surface area contributed by atoms with Crippen molar-refractivity contribution in [2.24, 2.45) is 0 Å². The van der Waals surface area contributed by atoms with Crippen LogP contribution in [-0.2, 0) is 9.53 Å². The number of carbonyl (C=O) groups excluding carboxylic acids is 1. The van der Waals surface area contributed by atoms with Gasteiger partial charge in [0.05, 0.1) is 6.61 Å². The molecule has 3 heteroatoms. The Morgan fingerprint density at radius 1 is 1.42 bits per heavy atom. The fraction of sp³-hybridized carbons (Fsp3) is 0.667. The standard InChI is InChI=1S/C9H16O2.Na/c1-3-5-6-7-8-11-9(10)4-2;/h4H,2-3,5-8H2,1H3;. The van der Waals surface area contributed by atoms with Crippen LogP contribution in [0.2, 0.25) is 0 Å². The van der Waals surface area contributed by atoms with Crippen molar-refractivity contribution in [3.63, 3.8) is 0 Å². The van der Waals surface area contributed by atoms with E-state index in [0.29, 0.717) is 6.61 Å². The molecule has 0 atom stereocenters. The summed E-state index contributed by atoms with van der Waals surface area (Å²) in [4.78, 5) is 10.5. The topological polar surface area (TPSA) is 26.3 Å². The molecular weight excluding hydrogens is 163 g/mol. The maximum atomic E-state index is 10.5. The van der Waals surface area contributed by atoms with Crippen molar-refractivity contribution >= 4 is 35.5 Å².